The third kappa shape index (κ3) is 2.39. The Hall–Kier alpha value is -1.35. The molecule has 0 aliphatic heterocycles. The van der Waals surface area contributed by atoms with Gasteiger partial charge in [0, 0.05) is 0 Å². The van der Waals surface area contributed by atoms with Crippen LogP contribution in [0.25, 0.3) is 0 Å². The molecule has 0 unspecified atom stereocenters. The minimum absolute atomic E-state index is 0.826. The Labute approximate surface area is 65.4 Å². The Kier molecular flexibility index (Phi) is 2.63. The number of nitrogens with one attached hydrogen (secondary N) is 1. The number of hydroxylamine groups is 1. The van der Waals surface area contributed by atoms with Gasteiger partial charge in [0.1, 0.15) is 6.34 Å². The van der Waals surface area contributed by atoms with E-state index in [1.54, 1.807) is 0 Å². The minimum atomic E-state index is 0.826. The van der Waals surface area contributed by atoms with E-state index >= 15 is 0 Å². The van der Waals surface area contributed by atoms with Crippen LogP contribution in [0.5, 0.6) is 0 Å². The number of aliphatic imine (C=N–C) groups is 1. The maximum atomic E-state index is 8.20. The zero-order chi connectivity index (χ0) is 8.10. The minimum Gasteiger partial charge on any atom is -0.290 e. The summed E-state index contributed by atoms with van der Waals surface area (Å²) in [6.07, 6.45) is 1.23. The topological polar surface area (TPSA) is 44.6 Å². The van der Waals surface area contributed by atoms with Gasteiger partial charge in [0.2, 0.25) is 0 Å². The van der Waals surface area contributed by atoms with Gasteiger partial charge >= 0.3 is 0 Å². The molecule has 0 saturated carbocycles. The Morgan fingerprint density at radius 3 is 3.00 bits per heavy atom. The average molecular weight is 150 g/mol. The summed E-state index contributed by atoms with van der Waals surface area (Å²) >= 11 is 0. The van der Waals surface area contributed by atoms with Crippen molar-refractivity contribution in [1.29, 1.82) is 0 Å². The maximum absolute atomic E-state index is 8.20. The highest BCUT2D eigenvalue weighted by Crippen LogP contribution is 2.11. The average Bonchev–Trinajstić information content (AvgIpc) is 2.01. The van der Waals surface area contributed by atoms with E-state index in [9.17, 15) is 0 Å². The lowest BCUT2D eigenvalue weighted by Crippen LogP contribution is -2.00. The quantitative estimate of drug-likeness (QED) is 0.382. The fraction of sp³-hybridized carbons (Fsp3) is 0.125. The molecule has 0 fully saturated rings. The van der Waals surface area contributed by atoms with Gasteiger partial charge in [-0.15, -0.1) is 0 Å². The van der Waals surface area contributed by atoms with Crippen LogP contribution in [-0.4, -0.2) is 11.5 Å². The summed E-state index contributed by atoms with van der Waals surface area (Å²) in [4.78, 5) is 3.90. The van der Waals surface area contributed by atoms with Crippen molar-refractivity contribution in [3.05, 3.63) is 29.8 Å². The van der Waals surface area contributed by atoms with Crippen molar-refractivity contribution >= 4 is 12.0 Å². The molecule has 1 aromatic carbocycles. The van der Waals surface area contributed by atoms with Crippen LogP contribution >= 0.6 is 0 Å². The number of rotatable bonds is 2. The van der Waals surface area contributed by atoms with Crippen LogP contribution in [0.4, 0.5) is 5.69 Å². The highest BCUT2D eigenvalue weighted by molar-refractivity contribution is 5.59. The Bertz CT molecular complexity index is 258. The lowest BCUT2D eigenvalue weighted by molar-refractivity contribution is 0.240. The summed E-state index contributed by atoms with van der Waals surface area (Å²) in [5.41, 5.74) is 3.82. The molecule has 58 valence electrons. The highest BCUT2D eigenvalue weighted by atomic mass is 16.5. The summed E-state index contributed by atoms with van der Waals surface area (Å²) in [6.45, 7) is 1.99. The van der Waals surface area contributed by atoms with Crippen LogP contribution < -0.4 is 5.48 Å². The van der Waals surface area contributed by atoms with Gasteiger partial charge in [0.25, 0.3) is 0 Å². The predicted molar refractivity (Wildman–Crippen MR) is 44.3 cm³/mol. The molecule has 3 heteroatoms. The van der Waals surface area contributed by atoms with Gasteiger partial charge in [-0.1, -0.05) is 12.1 Å². The molecule has 3 nitrogen and oxygen atoms in total. The number of hydrogen-bond donors (Lipinski definition) is 2. The molecule has 11 heavy (non-hydrogen) atoms. The monoisotopic (exact) mass is 150 g/mol. The van der Waals surface area contributed by atoms with Gasteiger partial charge in [-0.25, -0.2) is 4.99 Å². The molecule has 0 saturated heterocycles. The molecule has 0 heterocycles. The van der Waals surface area contributed by atoms with E-state index in [0.717, 1.165) is 11.3 Å². The first-order chi connectivity index (χ1) is 5.33. The number of benzene rings is 1. The third-order valence-corrected chi connectivity index (χ3v) is 1.27. The van der Waals surface area contributed by atoms with Crippen molar-refractivity contribution in [2.75, 3.05) is 0 Å². The zero-order valence-electron chi connectivity index (χ0n) is 6.28. The van der Waals surface area contributed by atoms with Crippen LogP contribution in [0.15, 0.2) is 29.3 Å². The summed E-state index contributed by atoms with van der Waals surface area (Å²) in [5.74, 6) is 0. The van der Waals surface area contributed by atoms with Crippen LogP contribution in [-0.2, 0) is 0 Å². The van der Waals surface area contributed by atoms with Gasteiger partial charge in [0.15, 0.2) is 0 Å². The normalized spacial score (nSPS) is 10.4. The van der Waals surface area contributed by atoms with Crippen LogP contribution in [0.3, 0.4) is 0 Å². The van der Waals surface area contributed by atoms with Crippen molar-refractivity contribution in [3.63, 3.8) is 0 Å². The molecule has 0 bridgehead atoms. The number of aryl methyl sites for hydroxylation is 1. The van der Waals surface area contributed by atoms with Crippen molar-refractivity contribution in [3.8, 4) is 0 Å². The van der Waals surface area contributed by atoms with Gasteiger partial charge in [-0.2, -0.15) is 0 Å². The van der Waals surface area contributed by atoms with E-state index in [4.69, 9.17) is 5.21 Å². The van der Waals surface area contributed by atoms with Gasteiger partial charge in [-0.3, -0.25) is 10.7 Å². The van der Waals surface area contributed by atoms with Crippen molar-refractivity contribution in [2.24, 2.45) is 4.99 Å². The van der Waals surface area contributed by atoms with Gasteiger partial charge < -0.3 is 0 Å². The largest absolute Gasteiger partial charge is 0.290 e. The fourth-order valence-corrected chi connectivity index (χ4v) is 0.812. The lowest BCUT2D eigenvalue weighted by atomic mass is 10.2. The summed E-state index contributed by atoms with van der Waals surface area (Å²) in [5, 5.41) is 8.20. The van der Waals surface area contributed by atoms with E-state index in [0.29, 0.717) is 0 Å². The Morgan fingerprint density at radius 1 is 1.55 bits per heavy atom. The molecule has 0 radical (unpaired) electrons. The SMILES string of the molecule is Cc1cccc(N=CNO)c1. The van der Waals surface area contributed by atoms with E-state index < -0.39 is 0 Å². The second kappa shape index (κ2) is 3.73. The molecule has 0 spiro atoms. The predicted octanol–water partition coefficient (Wildman–Crippen LogP) is 1.63. The first kappa shape index (κ1) is 7.75. The smallest absolute Gasteiger partial charge is 0.113 e. The molecule has 0 amide bonds. The van der Waals surface area contributed by atoms with E-state index in [1.165, 1.54) is 6.34 Å². The number of nitrogens with zero attached hydrogens (tertiary/aromatic N) is 1. The van der Waals surface area contributed by atoms with Gasteiger partial charge in [-0.05, 0) is 24.6 Å². The molecular weight excluding hydrogens is 140 g/mol. The Morgan fingerprint density at radius 2 is 2.36 bits per heavy atom. The zero-order valence-corrected chi connectivity index (χ0v) is 6.28. The molecular formula is C8H10N2O. The lowest BCUT2D eigenvalue weighted by Gasteiger charge is -1.93. The van der Waals surface area contributed by atoms with Crippen LogP contribution in [0, 0.1) is 6.92 Å². The molecule has 1 rings (SSSR count). The summed E-state index contributed by atoms with van der Waals surface area (Å²) in [6, 6.07) is 7.69. The van der Waals surface area contributed by atoms with Crippen molar-refractivity contribution < 1.29 is 5.21 Å². The molecule has 0 atom stereocenters. The molecule has 0 aliphatic rings. The second-order valence-electron chi connectivity index (χ2n) is 2.23. The standard InChI is InChI=1S/C8H10N2O/c1-7-3-2-4-8(5-7)9-6-10-11/h2-6,11H,1H3,(H,9,10). The van der Waals surface area contributed by atoms with Crippen LogP contribution in [0.1, 0.15) is 5.56 Å². The summed E-state index contributed by atoms with van der Waals surface area (Å²) < 4.78 is 0. The van der Waals surface area contributed by atoms with Crippen LogP contribution in [0.2, 0.25) is 0 Å². The molecule has 1 aromatic rings. The maximum Gasteiger partial charge on any atom is 0.113 e. The van der Waals surface area contributed by atoms with E-state index in [1.807, 2.05) is 36.7 Å². The fourth-order valence-electron chi connectivity index (χ4n) is 0.812. The first-order valence-corrected chi connectivity index (χ1v) is 3.32. The van der Waals surface area contributed by atoms with Gasteiger partial charge in [0.05, 0.1) is 5.69 Å². The summed E-state index contributed by atoms with van der Waals surface area (Å²) in [7, 11) is 0. The number of hydrogen-bond acceptors (Lipinski definition) is 2. The molecule has 0 aromatic heterocycles. The third-order valence-electron chi connectivity index (χ3n) is 1.27. The van der Waals surface area contributed by atoms with Crippen molar-refractivity contribution in [2.45, 2.75) is 6.92 Å². The highest BCUT2D eigenvalue weighted by Gasteiger charge is 1.86. The van der Waals surface area contributed by atoms with E-state index in [2.05, 4.69) is 4.99 Å². The second-order valence-corrected chi connectivity index (χ2v) is 2.23. The Balaban J connectivity index is 2.79. The molecule has 0 aliphatic carbocycles. The first-order valence-electron chi connectivity index (χ1n) is 3.32. The van der Waals surface area contributed by atoms with Crippen molar-refractivity contribution in [1.82, 2.24) is 5.48 Å². The molecule has 2 N–H and O–H groups in total. The van der Waals surface area contributed by atoms with E-state index in [-0.39, 0.29) is 0 Å².